The summed E-state index contributed by atoms with van der Waals surface area (Å²) in [6.45, 7) is 4.49. The average Bonchev–Trinajstić information content (AvgIpc) is 1.99. The fourth-order valence-corrected chi connectivity index (χ4v) is 1.73. The molecule has 4 nitrogen and oxygen atoms in total. The number of hydrogen-bond donors (Lipinski definition) is 3. The van der Waals surface area contributed by atoms with E-state index in [1.165, 1.54) is 12.8 Å². The van der Waals surface area contributed by atoms with Gasteiger partial charge in [0.25, 0.3) is 0 Å². The lowest BCUT2D eigenvalue weighted by Gasteiger charge is -2.29. The van der Waals surface area contributed by atoms with E-state index in [1.807, 2.05) is 0 Å². The Morgan fingerprint density at radius 3 is 2.85 bits per heavy atom. The van der Waals surface area contributed by atoms with Gasteiger partial charge in [-0.1, -0.05) is 13.8 Å². The summed E-state index contributed by atoms with van der Waals surface area (Å²) in [5, 5.41) is 11.1. The molecule has 13 heavy (non-hydrogen) atoms. The largest absolute Gasteiger partial charge is 0.369 e. The van der Waals surface area contributed by atoms with Crippen LogP contribution in [0.2, 0.25) is 0 Å². The molecule has 0 spiro atoms. The zero-order valence-electron chi connectivity index (χ0n) is 8.35. The van der Waals surface area contributed by atoms with Gasteiger partial charge in [-0.2, -0.15) is 5.10 Å². The molecule has 0 atom stereocenters. The van der Waals surface area contributed by atoms with Gasteiger partial charge in [0.1, 0.15) is 0 Å². The van der Waals surface area contributed by atoms with Crippen molar-refractivity contribution in [2.45, 2.75) is 39.5 Å². The molecule has 74 valence electrons. The molecule has 0 bridgehead atoms. The van der Waals surface area contributed by atoms with Crippen LogP contribution < -0.4 is 11.2 Å². The van der Waals surface area contributed by atoms with E-state index in [4.69, 9.17) is 11.1 Å². The van der Waals surface area contributed by atoms with E-state index in [0.717, 1.165) is 18.6 Å². The van der Waals surface area contributed by atoms with Gasteiger partial charge in [-0.25, -0.2) is 5.43 Å². The van der Waals surface area contributed by atoms with Crippen LogP contribution in [-0.4, -0.2) is 11.7 Å². The van der Waals surface area contributed by atoms with Crippen molar-refractivity contribution >= 4 is 11.7 Å². The van der Waals surface area contributed by atoms with E-state index in [-0.39, 0.29) is 5.96 Å². The van der Waals surface area contributed by atoms with Crippen LogP contribution in [0.1, 0.15) is 39.5 Å². The highest BCUT2D eigenvalue weighted by Crippen LogP contribution is 2.33. The first-order chi connectivity index (χ1) is 5.99. The Bertz CT molecular complexity index is 230. The number of guanidine groups is 1. The third kappa shape index (κ3) is 3.44. The molecule has 0 unspecified atom stereocenters. The highest BCUT2D eigenvalue weighted by molar-refractivity contribution is 5.87. The molecule has 0 aromatic carbocycles. The van der Waals surface area contributed by atoms with Crippen molar-refractivity contribution in [3.8, 4) is 0 Å². The van der Waals surface area contributed by atoms with Gasteiger partial charge in [0.05, 0.1) is 0 Å². The van der Waals surface area contributed by atoms with Crippen molar-refractivity contribution in [3.05, 3.63) is 0 Å². The second kappa shape index (κ2) is 3.77. The van der Waals surface area contributed by atoms with Gasteiger partial charge in [-0.3, -0.25) is 5.41 Å². The number of nitrogens with one attached hydrogen (secondary N) is 2. The normalized spacial score (nSPS) is 24.3. The van der Waals surface area contributed by atoms with Gasteiger partial charge < -0.3 is 5.73 Å². The van der Waals surface area contributed by atoms with Crippen molar-refractivity contribution in [2.24, 2.45) is 16.3 Å². The number of hydrogen-bond acceptors (Lipinski definition) is 2. The van der Waals surface area contributed by atoms with Gasteiger partial charge in [0, 0.05) is 5.71 Å². The quantitative estimate of drug-likeness (QED) is 0.326. The standard InChI is InChI=1S/C9H18N4/c1-9(2)5-3-4-7(6-9)12-13-8(10)11/h3-6H2,1-2H3,(H4,10,11,13). The summed E-state index contributed by atoms with van der Waals surface area (Å²) in [5.74, 6) is -0.0871. The molecule has 0 aromatic heterocycles. The van der Waals surface area contributed by atoms with Gasteiger partial charge in [-0.05, 0) is 31.1 Å². The molecule has 0 radical (unpaired) electrons. The lowest BCUT2D eigenvalue weighted by molar-refractivity contribution is 0.320. The smallest absolute Gasteiger partial charge is 0.206 e. The van der Waals surface area contributed by atoms with Crippen LogP contribution in [0.15, 0.2) is 5.10 Å². The predicted octanol–water partition coefficient (Wildman–Crippen LogP) is 1.43. The Morgan fingerprint density at radius 2 is 2.31 bits per heavy atom. The molecule has 1 rings (SSSR count). The first kappa shape index (κ1) is 10.0. The Hall–Kier alpha value is -1.06. The summed E-state index contributed by atoms with van der Waals surface area (Å²) in [5.41, 5.74) is 9.13. The number of rotatable bonds is 1. The predicted molar refractivity (Wildman–Crippen MR) is 54.7 cm³/mol. The Kier molecular flexibility index (Phi) is 2.90. The maximum absolute atomic E-state index is 6.97. The van der Waals surface area contributed by atoms with Gasteiger partial charge in [-0.15, -0.1) is 0 Å². The summed E-state index contributed by atoms with van der Waals surface area (Å²) in [6.07, 6.45) is 4.48. The van der Waals surface area contributed by atoms with Crippen LogP contribution in [0.4, 0.5) is 0 Å². The van der Waals surface area contributed by atoms with Gasteiger partial charge in [0.15, 0.2) is 0 Å². The maximum Gasteiger partial charge on any atom is 0.206 e. The minimum absolute atomic E-state index is 0.0871. The molecular formula is C9H18N4. The third-order valence-corrected chi connectivity index (χ3v) is 2.34. The number of nitrogens with zero attached hydrogens (tertiary/aromatic N) is 1. The lowest BCUT2D eigenvalue weighted by Crippen LogP contribution is -2.29. The highest BCUT2D eigenvalue weighted by Gasteiger charge is 2.24. The van der Waals surface area contributed by atoms with Crippen molar-refractivity contribution < 1.29 is 0 Å². The molecule has 0 aromatic rings. The van der Waals surface area contributed by atoms with Crippen LogP contribution in [0, 0.1) is 10.8 Å². The third-order valence-electron chi connectivity index (χ3n) is 2.34. The maximum atomic E-state index is 6.97. The summed E-state index contributed by atoms with van der Waals surface area (Å²) >= 11 is 0. The molecule has 0 aliphatic heterocycles. The lowest BCUT2D eigenvalue weighted by atomic mass is 9.77. The Labute approximate surface area is 79.1 Å². The zero-order chi connectivity index (χ0) is 9.90. The second-order valence-corrected chi connectivity index (χ2v) is 4.40. The molecular weight excluding hydrogens is 164 g/mol. The fourth-order valence-electron chi connectivity index (χ4n) is 1.73. The summed E-state index contributed by atoms with van der Waals surface area (Å²) in [7, 11) is 0. The molecule has 1 aliphatic carbocycles. The topological polar surface area (TPSA) is 74.3 Å². The van der Waals surface area contributed by atoms with E-state index < -0.39 is 0 Å². The van der Waals surface area contributed by atoms with E-state index in [0.29, 0.717) is 5.41 Å². The summed E-state index contributed by atoms with van der Waals surface area (Å²) < 4.78 is 0. The van der Waals surface area contributed by atoms with Gasteiger partial charge >= 0.3 is 0 Å². The minimum atomic E-state index is -0.0871. The van der Waals surface area contributed by atoms with E-state index in [2.05, 4.69) is 24.4 Å². The van der Waals surface area contributed by atoms with Crippen molar-refractivity contribution in [1.29, 1.82) is 5.41 Å². The molecule has 1 aliphatic rings. The first-order valence-corrected chi connectivity index (χ1v) is 4.65. The summed E-state index contributed by atoms with van der Waals surface area (Å²) in [6, 6.07) is 0. The first-order valence-electron chi connectivity index (χ1n) is 4.65. The monoisotopic (exact) mass is 182 g/mol. The molecule has 4 N–H and O–H groups in total. The summed E-state index contributed by atoms with van der Waals surface area (Å²) in [4.78, 5) is 0. The minimum Gasteiger partial charge on any atom is -0.369 e. The number of hydrazone groups is 1. The van der Waals surface area contributed by atoms with Crippen molar-refractivity contribution in [2.75, 3.05) is 0 Å². The highest BCUT2D eigenvalue weighted by atomic mass is 15.3. The molecule has 1 saturated carbocycles. The Morgan fingerprint density at radius 1 is 1.62 bits per heavy atom. The van der Waals surface area contributed by atoms with Crippen LogP contribution >= 0.6 is 0 Å². The molecule has 0 heterocycles. The van der Waals surface area contributed by atoms with E-state index in [9.17, 15) is 0 Å². The Balaban J connectivity index is 2.51. The van der Waals surface area contributed by atoms with Crippen LogP contribution in [0.25, 0.3) is 0 Å². The van der Waals surface area contributed by atoms with Crippen LogP contribution in [-0.2, 0) is 0 Å². The van der Waals surface area contributed by atoms with Crippen LogP contribution in [0.3, 0.4) is 0 Å². The second-order valence-electron chi connectivity index (χ2n) is 4.40. The van der Waals surface area contributed by atoms with E-state index in [1.54, 1.807) is 0 Å². The molecule has 1 fully saturated rings. The van der Waals surface area contributed by atoms with Crippen LogP contribution in [0.5, 0.6) is 0 Å². The zero-order valence-corrected chi connectivity index (χ0v) is 8.35. The van der Waals surface area contributed by atoms with Crippen molar-refractivity contribution in [1.82, 2.24) is 5.43 Å². The van der Waals surface area contributed by atoms with E-state index >= 15 is 0 Å². The van der Waals surface area contributed by atoms with Crippen molar-refractivity contribution in [3.63, 3.8) is 0 Å². The average molecular weight is 182 g/mol. The molecule has 0 saturated heterocycles. The fraction of sp³-hybridized carbons (Fsp3) is 0.778. The number of nitrogens with two attached hydrogens (primary N) is 1. The molecule has 4 heteroatoms. The SMILES string of the molecule is CC1(C)CCCC(=NNC(=N)N)C1. The molecule has 0 amide bonds. The van der Waals surface area contributed by atoms with Gasteiger partial charge in [0.2, 0.25) is 5.96 Å².